The van der Waals surface area contributed by atoms with Crippen molar-refractivity contribution in [3.8, 4) is 6.07 Å². The van der Waals surface area contributed by atoms with Crippen molar-refractivity contribution in [2.24, 2.45) is 0 Å². The molecule has 2 aromatic carbocycles. The van der Waals surface area contributed by atoms with Crippen LogP contribution in [-0.4, -0.2) is 24.4 Å². The topological polar surface area (TPSA) is 85.2 Å². The summed E-state index contributed by atoms with van der Waals surface area (Å²) in [6.45, 7) is 2.50. The van der Waals surface area contributed by atoms with Gasteiger partial charge in [-0.05, 0) is 49.7 Å². The molecule has 0 saturated carbocycles. The third-order valence-corrected chi connectivity index (χ3v) is 4.33. The van der Waals surface area contributed by atoms with E-state index in [1.165, 1.54) is 0 Å². The lowest BCUT2D eigenvalue weighted by Gasteiger charge is -2.18. The van der Waals surface area contributed by atoms with Gasteiger partial charge in [0.2, 0.25) is 11.8 Å². The van der Waals surface area contributed by atoms with Gasteiger partial charge in [0.25, 0.3) is 0 Å². The first kappa shape index (κ1) is 17.5. The van der Waals surface area contributed by atoms with Crippen molar-refractivity contribution in [1.82, 2.24) is 0 Å². The SMILES string of the molecule is C[C@H](Nc1ccc(N2CCCC2=O)cc1)C(=O)Nc1ccccc1C#N. The fourth-order valence-electron chi connectivity index (χ4n) is 2.90. The van der Waals surface area contributed by atoms with Gasteiger partial charge in [0.15, 0.2) is 0 Å². The molecule has 1 atom stereocenters. The molecule has 1 aliphatic rings. The zero-order valence-electron chi connectivity index (χ0n) is 14.5. The van der Waals surface area contributed by atoms with Gasteiger partial charge < -0.3 is 15.5 Å². The first-order chi connectivity index (χ1) is 12.6. The van der Waals surface area contributed by atoms with Crippen LogP contribution in [0.4, 0.5) is 17.1 Å². The maximum Gasteiger partial charge on any atom is 0.246 e. The van der Waals surface area contributed by atoms with Crippen LogP contribution in [-0.2, 0) is 9.59 Å². The summed E-state index contributed by atoms with van der Waals surface area (Å²) in [5.74, 6) is -0.0823. The highest BCUT2D eigenvalue weighted by molar-refractivity contribution is 5.97. The maximum absolute atomic E-state index is 12.4. The van der Waals surface area contributed by atoms with Gasteiger partial charge in [0.05, 0.1) is 11.3 Å². The second-order valence-electron chi connectivity index (χ2n) is 6.21. The van der Waals surface area contributed by atoms with Gasteiger partial charge in [-0.15, -0.1) is 0 Å². The van der Waals surface area contributed by atoms with Crippen LogP contribution in [0.3, 0.4) is 0 Å². The van der Waals surface area contributed by atoms with E-state index in [1.54, 1.807) is 36.1 Å². The molecule has 0 aliphatic carbocycles. The normalized spacial score (nSPS) is 14.6. The second-order valence-corrected chi connectivity index (χ2v) is 6.21. The lowest BCUT2D eigenvalue weighted by molar-refractivity contribution is -0.117. The number of carbonyl (C=O) groups is 2. The van der Waals surface area contributed by atoms with E-state index in [0.717, 1.165) is 24.3 Å². The number of nitrogens with one attached hydrogen (secondary N) is 2. The molecule has 6 heteroatoms. The molecular formula is C20H20N4O2. The summed E-state index contributed by atoms with van der Waals surface area (Å²) in [6.07, 6.45) is 1.49. The number of anilines is 3. The van der Waals surface area contributed by atoms with E-state index >= 15 is 0 Å². The Bertz CT molecular complexity index is 855. The highest BCUT2D eigenvalue weighted by atomic mass is 16.2. The van der Waals surface area contributed by atoms with Crippen LogP contribution in [0.15, 0.2) is 48.5 Å². The van der Waals surface area contributed by atoms with Gasteiger partial charge in [-0.3, -0.25) is 9.59 Å². The summed E-state index contributed by atoms with van der Waals surface area (Å²) in [5.41, 5.74) is 2.58. The van der Waals surface area contributed by atoms with Crippen LogP contribution in [0.5, 0.6) is 0 Å². The maximum atomic E-state index is 12.4. The molecule has 0 aromatic heterocycles. The lowest BCUT2D eigenvalue weighted by atomic mass is 10.2. The monoisotopic (exact) mass is 348 g/mol. The van der Waals surface area contributed by atoms with Crippen LogP contribution >= 0.6 is 0 Å². The van der Waals surface area contributed by atoms with Crippen LogP contribution in [0.2, 0.25) is 0 Å². The minimum Gasteiger partial charge on any atom is -0.374 e. The highest BCUT2D eigenvalue weighted by Gasteiger charge is 2.21. The lowest BCUT2D eigenvalue weighted by Crippen LogP contribution is -2.32. The molecule has 0 spiro atoms. The summed E-state index contributed by atoms with van der Waals surface area (Å²) in [7, 11) is 0. The van der Waals surface area contributed by atoms with Crippen LogP contribution < -0.4 is 15.5 Å². The quantitative estimate of drug-likeness (QED) is 0.869. The van der Waals surface area contributed by atoms with E-state index in [9.17, 15) is 9.59 Å². The Labute approximate surface area is 152 Å². The van der Waals surface area contributed by atoms with E-state index < -0.39 is 6.04 Å². The Hall–Kier alpha value is -3.33. The molecule has 26 heavy (non-hydrogen) atoms. The van der Waals surface area contributed by atoms with Gasteiger partial charge in [0, 0.05) is 24.3 Å². The molecule has 0 radical (unpaired) electrons. The molecule has 1 saturated heterocycles. The molecule has 3 rings (SSSR count). The number of carbonyl (C=O) groups excluding carboxylic acids is 2. The molecule has 0 bridgehead atoms. The smallest absolute Gasteiger partial charge is 0.246 e. The molecule has 0 unspecified atom stereocenters. The Morgan fingerprint density at radius 3 is 2.58 bits per heavy atom. The largest absolute Gasteiger partial charge is 0.374 e. The number of para-hydroxylation sites is 1. The van der Waals surface area contributed by atoms with E-state index in [-0.39, 0.29) is 11.8 Å². The van der Waals surface area contributed by atoms with Gasteiger partial charge in [0.1, 0.15) is 12.1 Å². The van der Waals surface area contributed by atoms with Crippen LogP contribution in [0.25, 0.3) is 0 Å². The van der Waals surface area contributed by atoms with Gasteiger partial charge >= 0.3 is 0 Å². The Morgan fingerprint density at radius 2 is 1.92 bits per heavy atom. The molecule has 1 aliphatic heterocycles. The average Bonchev–Trinajstić information content (AvgIpc) is 3.08. The molecule has 6 nitrogen and oxygen atoms in total. The standard InChI is InChI=1S/C20H20N4O2/c1-14(20(26)23-18-6-3-2-5-15(18)13-21)22-16-8-10-17(11-9-16)24-12-4-7-19(24)25/h2-3,5-6,8-11,14,22H,4,7,12H2,1H3,(H,23,26)/t14-/m0/s1. The average molecular weight is 348 g/mol. The third-order valence-electron chi connectivity index (χ3n) is 4.33. The Balaban J connectivity index is 1.62. The summed E-state index contributed by atoms with van der Waals surface area (Å²) in [4.78, 5) is 25.9. The number of nitriles is 1. The molecule has 1 heterocycles. The van der Waals surface area contributed by atoms with E-state index in [1.807, 2.05) is 24.3 Å². The minimum absolute atomic E-state index is 0.148. The molecule has 132 valence electrons. The van der Waals surface area contributed by atoms with E-state index in [0.29, 0.717) is 17.7 Å². The third kappa shape index (κ3) is 3.83. The summed E-state index contributed by atoms with van der Waals surface area (Å²) >= 11 is 0. The molecule has 2 N–H and O–H groups in total. The molecular weight excluding hydrogens is 328 g/mol. The fraction of sp³-hybridized carbons (Fsp3) is 0.250. The van der Waals surface area contributed by atoms with Crippen LogP contribution in [0, 0.1) is 11.3 Å². The predicted octanol–water partition coefficient (Wildman–Crippen LogP) is 3.12. The van der Waals surface area contributed by atoms with Crippen LogP contribution in [0.1, 0.15) is 25.3 Å². The fourth-order valence-corrected chi connectivity index (χ4v) is 2.90. The Morgan fingerprint density at radius 1 is 1.19 bits per heavy atom. The van der Waals surface area contributed by atoms with Crippen molar-refractivity contribution in [1.29, 1.82) is 5.26 Å². The van der Waals surface area contributed by atoms with Gasteiger partial charge in [-0.1, -0.05) is 12.1 Å². The van der Waals surface area contributed by atoms with E-state index in [4.69, 9.17) is 5.26 Å². The number of rotatable bonds is 5. The highest BCUT2D eigenvalue weighted by Crippen LogP contribution is 2.23. The molecule has 2 amide bonds. The number of hydrogen-bond acceptors (Lipinski definition) is 4. The summed E-state index contributed by atoms with van der Waals surface area (Å²) < 4.78 is 0. The molecule has 1 fully saturated rings. The van der Waals surface area contributed by atoms with Gasteiger partial charge in [-0.2, -0.15) is 5.26 Å². The van der Waals surface area contributed by atoms with Crippen molar-refractivity contribution in [2.45, 2.75) is 25.8 Å². The van der Waals surface area contributed by atoms with Crippen molar-refractivity contribution in [3.05, 3.63) is 54.1 Å². The van der Waals surface area contributed by atoms with Crippen molar-refractivity contribution < 1.29 is 9.59 Å². The predicted molar refractivity (Wildman–Crippen MR) is 101 cm³/mol. The first-order valence-electron chi connectivity index (χ1n) is 8.55. The number of benzene rings is 2. The second kappa shape index (κ2) is 7.70. The van der Waals surface area contributed by atoms with Crippen molar-refractivity contribution in [2.75, 3.05) is 22.1 Å². The zero-order valence-corrected chi connectivity index (χ0v) is 14.5. The van der Waals surface area contributed by atoms with Gasteiger partial charge in [-0.25, -0.2) is 0 Å². The number of hydrogen-bond donors (Lipinski definition) is 2. The minimum atomic E-state index is -0.485. The first-order valence-corrected chi connectivity index (χ1v) is 8.55. The zero-order chi connectivity index (χ0) is 18.5. The van der Waals surface area contributed by atoms with Crippen molar-refractivity contribution in [3.63, 3.8) is 0 Å². The molecule has 2 aromatic rings. The summed E-state index contributed by atoms with van der Waals surface area (Å²) in [5, 5.41) is 15.0. The number of nitrogens with zero attached hydrogens (tertiary/aromatic N) is 2. The number of amides is 2. The van der Waals surface area contributed by atoms with Crippen molar-refractivity contribution >= 4 is 28.9 Å². The summed E-state index contributed by atoms with van der Waals surface area (Å²) in [6, 6.07) is 15.9. The van der Waals surface area contributed by atoms with E-state index in [2.05, 4.69) is 16.7 Å². The Kier molecular flexibility index (Phi) is 5.18.